The van der Waals surface area contributed by atoms with Crippen LogP contribution in [0.25, 0.3) is 11.5 Å². The molecule has 0 unspecified atom stereocenters. The summed E-state index contributed by atoms with van der Waals surface area (Å²) in [6.07, 6.45) is 6.06. The molecular formula is C13H16N6O. The highest BCUT2D eigenvalue weighted by molar-refractivity contribution is 5.51. The van der Waals surface area contributed by atoms with E-state index < -0.39 is 0 Å². The van der Waals surface area contributed by atoms with E-state index in [0.717, 1.165) is 18.7 Å². The van der Waals surface area contributed by atoms with Crippen molar-refractivity contribution in [1.29, 1.82) is 0 Å². The van der Waals surface area contributed by atoms with Crippen molar-refractivity contribution in [3.8, 4) is 17.4 Å². The van der Waals surface area contributed by atoms with Gasteiger partial charge >= 0.3 is 0 Å². The van der Waals surface area contributed by atoms with Crippen LogP contribution in [0.15, 0.2) is 12.4 Å². The summed E-state index contributed by atoms with van der Waals surface area (Å²) in [4.78, 5) is 21.1. The molecule has 104 valence electrons. The van der Waals surface area contributed by atoms with Gasteiger partial charge in [-0.1, -0.05) is 12.8 Å². The fourth-order valence-electron chi connectivity index (χ4n) is 2.46. The quantitative estimate of drug-likeness (QED) is 0.905. The van der Waals surface area contributed by atoms with E-state index in [1.807, 2.05) is 0 Å². The van der Waals surface area contributed by atoms with Crippen LogP contribution in [0.3, 0.4) is 0 Å². The second-order valence-corrected chi connectivity index (χ2v) is 4.80. The standard InChI is InChI=1S/C13H16N6O/c1-20-10-6-9(15-7-16-10)12-17-11(18-13(14)19-12)8-4-2-3-5-8/h6-8H,2-5H2,1H3,(H2,14,17,18,19). The SMILES string of the molecule is COc1cc(-c2nc(N)nc(C3CCCC3)n2)ncn1. The molecule has 3 rings (SSSR count). The largest absolute Gasteiger partial charge is 0.481 e. The molecule has 0 radical (unpaired) electrons. The third kappa shape index (κ3) is 2.52. The zero-order chi connectivity index (χ0) is 13.9. The van der Waals surface area contributed by atoms with Crippen molar-refractivity contribution < 1.29 is 4.74 Å². The van der Waals surface area contributed by atoms with Crippen LogP contribution in [0.4, 0.5) is 5.95 Å². The lowest BCUT2D eigenvalue weighted by atomic mass is 10.1. The van der Waals surface area contributed by atoms with E-state index in [1.165, 1.54) is 19.2 Å². The molecule has 2 aromatic rings. The lowest BCUT2D eigenvalue weighted by Crippen LogP contribution is -2.08. The summed E-state index contributed by atoms with van der Waals surface area (Å²) < 4.78 is 5.08. The lowest BCUT2D eigenvalue weighted by molar-refractivity contribution is 0.397. The molecule has 1 aliphatic carbocycles. The van der Waals surface area contributed by atoms with Gasteiger partial charge in [-0.05, 0) is 12.8 Å². The average Bonchev–Trinajstić information content (AvgIpc) is 3.01. The van der Waals surface area contributed by atoms with Gasteiger partial charge in [0.05, 0.1) is 7.11 Å². The minimum absolute atomic E-state index is 0.231. The molecule has 0 bridgehead atoms. The zero-order valence-electron chi connectivity index (χ0n) is 11.3. The first kappa shape index (κ1) is 12.7. The Labute approximate surface area is 116 Å². The summed E-state index contributed by atoms with van der Waals surface area (Å²) in [6.45, 7) is 0. The second kappa shape index (κ2) is 5.36. The van der Waals surface area contributed by atoms with Crippen molar-refractivity contribution in [1.82, 2.24) is 24.9 Å². The highest BCUT2D eigenvalue weighted by Crippen LogP contribution is 2.32. The van der Waals surface area contributed by atoms with Gasteiger partial charge in [-0.3, -0.25) is 0 Å². The van der Waals surface area contributed by atoms with Gasteiger partial charge in [0.15, 0.2) is 5.82 Å². The number of hydrogen-bond acceptors (Lipinski definition) is 7. The topological polar surface area (TPSA) is 99.7 Å². The molecule has 0 spiro atoms. The predicted octanol–water partition coefficient (Wildman–Crippen LogP) is 1.58. The molecule has 7 heteroatoms. The Kier molecular flexibility index (Phi) is 3.41. The van der Waals surface area contributed by atoms with Crippen molar-refractivity contribution in [2.45, 2.75) is 31.6 Å². The van der Waals surface area contributed by atoms with E-state index in [1.54, 1.807) is 13.2 Å². The number of hydrogen-bond donors (Lipinski definition) is 1. The molecule has 0 aromatic carbocycles. The van der Waals surface area contributed by atoms with Gasteiger partial charge in [-0.25, -0.2) is 15.0 Å². The van der Waals surface area contributed by atoms with Gasteiger partial charge < -0.3 is 10.5 Å². The van der Waals surface area contributed by atoms with E-state index in [9.17, 15) is 0 Å². The minimum atomic E-state index is 0.231. The molecule has 2 heterocycles. The van der Waals surface area contributed by atoms with Crippen LogP contribution in [0.5, 0.6) is 5.88 Å². The zero-order valence-corrected chi connectivity index (χ0v) is 11.3. The normalized spacial score (nSPS) is 15.4. The summed E-state index contributed by atoms with van der Waals surface area (Å²) in [5.74, 6) is 2.32. The molecule has 1 aliphatic rings. The van der Waals surface area contributed by atoms with Gasteiger partial charge in [0.1, 0.15) is 17.8 Å². The Bertz CT molecular complexity index is 612. The van der Waals surface area contributed by atoms with Crippen LogP contribution in [0.1, 0.15) is 37.4 Å². The van der Waals surface area contributed by atoms with Crippen LogP contribution in [-0.4, -0.2) is 32.0 Å². The molecule has 0 aliphatic heterocycles. The van der Waals surface area contributed by atoms with Crippen LogP contribution in [0, 0.1) is 0 Å². The van der Waals surface area contributed by atoms with E-state index in [4.69, 9.17) is 10.5 Å². The second-order valence-electron chi connectivity index (χ2n) is 4.80. The maximum absolute atomic E-state index is 5.80. The molecule has 2 N–H and O–H groups in total. The molecule has 7 nitrogen and oxygen atoms in total. The molecule has 0 saturated heterocycles. The summed E-state index contributed by atoms with van der Waals surface area (Å²) >= 11 is 0. The smallest absolute Gasteiger partial charge is 0.223 e. The van der Waals surface area contributed by atoms with Crippen molar-refractivity contribution in [3.05, 3.63) is 18.2 Å². The van der Waals surface area contributed by atoms with Crippen LogP contribution < -0.4 is 10.5 Å². The fraction of sp³-hybridized carbons (Fsp3) is 0.462. The summed E-state index contributed by atoms with van der Waals surface area (Å²) in [7, 11) is 1.55. The van der Waals surface area contributed by atoms with Crippen molar-refractivity contribution in [2.24, 2.45) is 0 Å². The number of rotatable bonds is 3. The number of aromatic nitrogens is 5. The van der Waals surface area contributed by atoms with Gasteiger partial charge in [0, 0.05) is 12.0 Å². The number of ether oxygens (including phenoxy) is 1. The number of anilines is 1. The molecule has 1 saturated carbocycles. The molecule has 20 heavy (non-hydrogen) atoms. The summed E-state index contributed by atoms with van der Waals surface area (Å²) in [6, 6.07) is 1.69. The summed E-state index contributed by atoms with van der Waals surface area (Å²) in [5, 5.41) is 0. The highest BCUT2D eigenvalue weighted by atomic mass is 16.5. The number of methoxy groups -OCH3 is 1. The van der Waals surface area contributed by atoms with E-state index >= 15 is 0 Å². The van der Waals surface area contributed by atoms with Crippen LogP contribution >= 0.6 is 0 Å². The Morgan fingerprint density at radius 1 is 1.15 bits per heavy atom. The van der Waals surface area contributed by atoms with Crippen molar-refractivity contribution >= 4 is 5.95 Å². The lowest BCUT2D eigenvalue weighted by Gasteiger charge is -2.09. The van der Waals surface area contributed by atoms with Crippen LogP contribution in [-0.2, 0) is 0 Å². The van der Waals surface area contributed by atoms with E-state index in [0.29, 0.717) is 23.3 Å². The van der Waals surface area contributed by atoms with Gasteiger partial charge in [0.2, 0.25) is 11.8 Å². The molecule has 0 amide bonds. The van der Waals surface area contributed by atoms with Crippen LogP contribution in [0.2, 0.25) is 0 Å². The third-order valence-corrected chi connectivity index (χ3v) is 3.47. The first-order valence-electron chi connectivity index (χ1n) is 6.64. The van der Waals surface area contributed by atoms with Gasteiger partial charge in [-0.2, -0.15) is 9.97 Å². The molecule has 0 atom stereocenters. The maximum Gasteiger partial charge on any atom is 0.223 e. The molecule has 1 fully saturated rings. The van der Waals surface area contributed by atoms with Gasteiger partial charge in [0.25, 0.3) is 0 Å². The maximum atomic E-state index is 5.80. The monoisotopic (exact) mass is 272 g/mol. The number of nitrogens with zero attached hydrogens (tertiary/aromatic N) is 5. The van der Waals surface area contributed by atoms with E-state index in [-0.39, 0.29) is 5.95 Å². The van der Waals surface area contributed by atoms with Gasteiger partial charge in [-0.15, -0.1) is 0 Å². The Balaban J connectivity index is 1.99. The number of nitrogens with two attached hydrogens (primary N) is 1. The highest BCUT2D eigenvalue weighted by Gasteiger charge is 2.21. The summed E-state index contributed by atoms with van der Waals surface area (Å²) in [5.41, 5.74) is 6.39. The van der Waals surface area contributed by atoms with E-state index in [2.05, 4.69) is 24.9 Å². The van der Waals surface area contributed by atoms with Crippen molar-refractivity contribution in [3.63, 3.8) is 0 Å². The molecule has 2 aromatic heterocycles. The average molecular weight is 272 g/mol. The third-order valence-electron chi connectivity index (χ3n) is 3.47. The minimum Gasteiger partial charge on any atom is -0.481 e. The van der Waals surface area contributed by atoms with Crippen molar-refractivity contribution in [2.75, 3.05) is 12.8 Å². The first-order valence-corrected chi connectivity index (χ1v) is 6.64. The fourth-order valence-corrected chi connectivity index (χ4v) is 2.46. The Hall–Kier alpha value is -2.31. The first-order chi connectivity index (χ1) is 9.76. The number of nitrogen functional groups attached to an aromatic ring is 1. The predicted molar refractivity (Wildman–Crippen MR) is 73.0 cm³/mol. The Morgan fingerprint density at radius 3 is 2.70 bits per heavy atom. The Morgan fingerprint density at radius 2 is 1.95 bits per heavy atom. The molecular weight excluding hydrogens is 256 g/mol.